The first-order valence-corrected chi connectivity index (χ1v) is 17.8. The van der Waals surface area contributed by atoms with E-state index in [0.717, 1.165) is 65.5 Å². The number of rotatable bonds is 7. The third-order valence-electron chi connectivity index (χ3n) is 6.96. The molecule has 0 saturated carbocycles. The number of aliphatic hydroxyl groups is 2. The Labute approximate surface area is 347 Å². The van der Waals surface area contributed by atoms with Crippen molar-refractivity contribution >= 4 is 56.7 Å². The van der Waals surface area contributed by atoms with Gasteiger partial charge in [0.1, 0.15) is 6.29 Å². The summed E-state index contributed by atoms with van der Waals surface area (Å²) in [6, 6.07) is 0. The largest absolute Gasteiger partial charge is 1.00 e. The molecule has 3 radical (unpaired) electrons. The molecule has 0 bridgehead atoms. The van der Waals surface area contributed by atoms with Crippen molar-refractivity contribution in [3.63, 3.8) is 0 Å². The van der Waals surface area contributed by atoms with E-state index in [1.165, 1.54) is 19.8 Å². The van der Waals surface area contributed by atoms with E-state index in [1.54, 1.807) is 30.6 Å². The summed E-state index contributed by atoms with van der Waals surface area (Å²) in [4.78, 5) is 92.3. The van der Waals surface area contributed by atoms with Gasteiger partial charge in [-0.2, -0.15) is 0 Å². The monoisotopic (exact) mass is 800 g/mol. The maximum absolute atomic E-state index is 11.3. The molecule has 0 aromatic carbocycles. The summed E-state index contributed by atoms with van der Waals surface area (Å²) in [6.07, 6.45) is 6.69. The topological polar surface area (TPSA) is 251 Å². The van der Waals surface area contributed by atoms with Gasteiger partial charge in [-0.3, -0.25) is 9.59 Å². The number of hydrogen-bond donors (Lipinski definition) is 3. The van der Waals surface area contributed by atoms with E-state index in [9.17, 15) is 38.4 Å². The van der Waals surface area contributed by atoms with Gasteiger partial charge in [0.15, 0.2) is 0 Å². The molecule has 3 rings (SSSR count). The molecule has 0 spiro atoms. The normalized spacial score (nSPS) is 17.9. The van der Waals surface area contributed by atoms with Crippen LogP contribution in [-0.4, -0.2) is 149 Å². The first kappa shape index (κ1) is 58.4. The smallest absolute Gasteiger partial charge is 0.793 e. The Morgan fingerprint density at radius 2 is 1.16 bits per heavy atom. The molecule has 3 aliphatic rings. The second-order valence-electron chi connectivity index (χ2n) is 11.5. The van der Waals surface area contributed by atoms with Gasteiger partial charge in [0.25, 0.3) is 0 Å². The SMILES string of the molecule is CC(=O)OOC(C)=O.CCOC(=O)C=O.CCOC(=O)N1CCCC(C=O)C1.CCOC(=O)N1CCCC(CO)C1.OCC1CCCNC1.[B-]OC(C)=O.[Na+]. The van der Waals surface area contributed by atoms with E-state index in [-0.39, 0.29) is 73.1 Å². The molecule has 2 amide bonds. The van der Waals surface area contributed by atoms with Gasteiger partial charge in [0.2, 0.25) is 12.3 Å². The van der Waals surface area contributed by atoms with Crippen LogP contribution in [0, 0.1) is 17.8 Å². The number of aliphatic hydroxyl groups excluding tert-OH is 2. The minimum Gasteiger partial charge on any atom is -0.793 e. The summed E-state index contributed by atoms with van der Waals surface area (Å²) >= 11 is 0. The number of nitrogens with zero attached hydrogens (tertiary/aromatic N) is 2. The molecule has 3 N–H and O–H groups in total. The number of aldehydes is 2. The maximum Gasteiger partial charge on any atom is 1.00 e. The summed E-state index contributed by atoms with van der Waals surface area (Å²) in [5, 5.41) is 20.8. The molecular formula is C34H60BN3NaO16. The van der Waals surface area contributed by atoms with Crippen molar-refractivity contribution in [2.45, 2.75) is 80.1 Å². The van der Waals surface area contributed by atoms with Gasteiger partial charge in [-0.1, -0.05) is 0 Å². The standard InChI is InChI=1S/C9H17NO3.C9H15NO3.C6H13NO.C4H6O4.C4H6O3.C2H3BO2.Na/c2*1-2-13-9(12)10-5-3-4-8(6-10)7-11;8-5-6-2-1-3-7-4-6;1-3(5)7-8-4(2)6;1-2-7-4(6)3-5;1-2(4)5-3;/h8,11H,2-7H2,1H3;7-8H,2-6H2,1H3;6-8H,1-5H2;1-2H3;3H,2H2,1H3;1H3;/q;;;;;-1;+1. The number of carbonyl (C=O) groups excluding carboxylic acids is 8. The molecule has 0 aromatic rings. The average molecular weight is 801 g/mol. The second-order valence-corrected chi connectivity index (χ2v) is 11.5. The van der Waals surface area contributed by atoms with Gasteiger partial charge >= 0.3 is 59.7 Å². The van der Waals surface area contributed by atoms with E-state index in [4.69, 9.17) is 19.7 Å². The van der Waals surface area contributed by atoms with Crippen LogP contribution in [-0.2, 0) is 57.4 Å². The van der Waals surface area contributed by atoms with Crippen LogP contribution in [0.1, 0.15) is 80.1 Å². The predicted molar refractivity (Wildman–Crippen MR) is 192 cm³/mol. The predicted octanol–water partition coefficient (Wildman–Crippen LogP) is -1.71. The summed E-state index contributed by atoms with van der Waals surface area (Å²) in [7, 11) is 4.32. The molecule has 311 valence electrons. The second kappa shape index (κ2) is 40.4. The fourth-order valence-corrected chi connectivity index (χ4v) is 4.47. The molecule has 3 atom stereocenters. The number of carbonyl (C=O) groups is 8. The first-order chi connectivity index (χ1) is 25.7. The number of hydrogen-bond acceptors (Lipinski definition) is 17. The maximum atomic E-state index is 11.3. The average Bonchev–Trinajstić information content (AvgIpc) is 3.18. The number of nitrogens with one attached hydrogen (secondary N) is 1. The first-order valence-electron chi connectivity index (χ1n) is 17.8. The Bertz CT molecular complexity index is 1060. The molecule has 0 aliphatic carbocycles. The Morgan fingerprint density at radius 3 is 1.49 bits per heavy atom. The molecule has 21 heteroatoms. The summed E-state index contributed by atoms with van der Waals surface area (Å²) in [5.41, 5.74) is 0. The Balaban J connectivity index is -0.000000292. The molecule has 19 nitrogen and oxygen atoms in total. The van der Waals surface area contributed by atoms with Gasteiger partial charge in [0.05, 0.1) is 19.8 Å². The molecule has 3 saturated heterocycles. The van der Waals surface area contributed by atoms with Crippen molar-refractivity contribution < 1.29 is 107 Å². The summed E-state index contributed by atoms with van der Waals surface area (Å²) in [5.74, 6) is -1.78. The van der Waals surface area contributed by atoms with Crippen LogP contribution in [0.3, 0.4) is 0 Å². The summed E-state index contributed by atoms with van der Waals surface area (Å²) in [6.45, 7) is 15.1. The molecule has 3 heterocycles. The van der Waals surface area contributed by atoms with Crippen LogP contribution < -0.4 is 34.9 Å². The van der Waals surface area contributed by atoms with E-state index in [0.29, 0.717) is 45.4 Å². The van der Waals surface area contributed by atoms with Gasteiger partial charge < -0.3 is 57.0 Å². The van der Waals surface area contributed by atoms with Crippen molar-refractivity contribution in [3.05, 3.63) is 0 Å². The number of esters is 1. The fourth-order valence-electron chi connectivity index (χ4n) is 4.47. The third-order valence-corrected chi connectivity index (χ3v) is 6.96. The molecule has 0 aromatic heterocycles. The zero-order valence-electron chi connectivity index (χ0n) is 33.5. The molecule has 55 heavy (non-hydrogen) atoms. The van der Waals surface area contributed by atoms with Crippen LogP contribution in [0.15, 0.2) is 0 Å². The quantitative estimate of drug-likeness (QED) is 0.0493. The zero-order chi connectivity index (χ0) is 41.7. The molecule has 3 fully saturated rings. The minimum absolute atomic E-state index is 0. The Kier molecular flexibility index (Phi) is 42.9. The van der Waals surface area contributed by atoms with Crippen LogP contribution >= 0.6 is 0 Å². The van der Waals surface area contributed by atoms with Gasteiger partial charge in [-0.05, 0) is 77.7 Å². The molecular weight excluding hydrogens is 740 g/mol. The molecule has 3 unspecified atom stereocenters. The minimum atomic E-state index is -0.803. The van der Waals surface area contributed by atoms with Gasteiger partial charge in [-0.15, -0.1) is 0 Å². The van der Waals surface area contributed by atoms with Crippen molar-refractivity contribution in [1.29, 1.82) is 0 Å². The van der Waals surface area contributed by atoms with Crippen LogP contribution in [0.25, 0.3) is 0 Å². The van der Waals surface area contributed by atoms with E-state index in [1.807, 2.05) is 0 Å². The number of piperidine rings is 3. The van der Waals surface area contributed by atoms with E-state index < -0.39 is 23.9 Å². The van der Waals surface area contributed by atoms with Gasteiger partial charge in [0, 0.05) is 72.6 Å². The van der Waals surface area contributed by atoms with Crippen molar-refractivity contribution in [2.24, 2.45) is 17.8 Å². The van der Waals surface area contributed by atoms with E-state index in [2.05, 4.69) is 32.5 Å². The number of amides is 2. The van der Waals surface area contributed by atoms with E-state index >= 15 is 0 Å². The number of ether oxygens (including phenoxy) is 3. The third kappa shape index (κ3) is 37.4. The van der Waals surface area contributed by atoms with Crippen molar-refractivity contribution in [2.75, 3.05) is 72.3 Å². The van der Waals surface area contributed by atoms with Crippen LogP contribution in [0.5, 0.6) is 0 Å². The molecule has 3 aliphatic heterocycles. The van der Waals surface area contributed by atoms with Crippen molar-refractivity contribution in [3.8, 4) is 0 Å². The summed E-state index contributed by atoms with van der Waals surface area (Å²) < 4.78 is 17.5. The van der Waals surface area contributed by atoms with Crippen LogP contribution in [0.2, 0.25) is 0 Å². The Hall–Kier alpha value is -3.30. The number of likely N-dealkylation sites (tertiary alicyclic amines) is 2. The van der Waals surface area contributed by atoms with Crippen LogP contribution in [0.4, 0.5) is 9.59 Å². The fraction of sp³-hybridized carbons (Fsp3) is 0.765. The zero-order valence-corrected chi connectivity index (χ0v) is 35.5. The Morgan fingerprint density at radius 1 is 0.709 bits per heavy atom. The van der Waals surface area contributed by atoms with Gasteiger partial charge in [-0.25, -0.2) is 33.7 Å². The van der Waals surface area contributed by atoms with Crippen molar-refractivity contribution in [1.82, 2.24) is 15.1 Å².